The maximum atomic E-state index is 4.50. The van der Waals surface area contributed by atoms with Gasteiger partial charge in [-0.05, 0) is 25.4 Å². The predicted molar refractivity (Wildman–Crippen MR) is 50.4 cm³/mol. The summed E-state index contributed by atoms with van der Waals surface area (Å²) in [6, 6.07) is 9.91. The number of para-hydroxylation sites is 1. The molecule has 0 spiro atoms. The van der Waals surface area contributed by atoms with Gasteiger partial charge in [0.25, 0.3) is 0 Å². The smallest absolute Gasteiger partial charge is 0.0379 e. The first-order valence-electron chi connectivity index (χ1n) is 3.43. The largest absolute Gasteiger partial charge is 0.362 e. The van der Waals surface area contributed by atoms with Gasteiger partial charge in [-0.15, -0.1) is 0 Å². The van der Waals surface area contributed by atoms with Crippen LogP contribution in [-0.4, -0.2) is 7.05 Å². The molecule has 2 heteroatoms. The van der Waals surface area contributed by atoms with Crippen LogP contribution in [0.5, 0.6) is 0 Å². The first-order chi connectivity index (χ1) is 5.43. The van der Waals surface area contributed by atoms with E-state index < -0.39 is 0 Å². The Hall–Kier alpha value is -1.28. The third kappa shape index (κ3) is 4.17. The van der Waals surface area contributed by atoms with Crippen LogP contribution in [0.1, 0.15) is 0 Å². The molecule has 0 atom stereocenters. The third-order valence-corrected chi connectivity index (χ3v) is 1.04. The number of nitrogens with two attached hydrogens (primary N) is 1. The van der Waals surface area contributed by atoms with Gasteiger partial charge in [-0.3, -0.25) is 0 Å². The lowest BCUT2D eigenvalue weighted by Gasteiger charge is -1.95. The second-order valence-electron chi connectivity index (χ2n) is 1.71. The van der Waals surface area contributed by atoms with Crippen LogP contribution in [-0.2, 0) is 0 Å². The third-order valence-electron chi connectivity index (χ3n) is 1.04. The predicted octanol–water partition coefficient (Wildman–Crippen LogP) is 1.82. The topological polar surface area (TPSA) is 38.0 Å². The van der Waals surface area contributed by atoms with E-state index in [1.165, 1.54) is 7.05 Å². The van der Waals surface area contributed by atoms with Crippen molar-refractivity contribution in [1.82, 2.24) is 0 Å². The molecular weight excluding hydrogens is 136 g/mol. The summed E-state index contributed by atoms with van der Waals surface area (Å²) in [4.78, 5) is 0. The number of rotatable bonds is 2. The number of nitrogens with one attached hydrogen (secondary N) is 1. The summed E-state index contributed by atoms with van der Waals surface area (Å²) in [7, 11) is 1.50. The highest BCUT2D eigenvalue weighted by atomic mass is 14.8. The van der Waals surface area contributed by atoms with Crippen LogP contribution in [0.15, 0.2) is 43.1 Å². The van der Waals surface area contributed by atoms with Gasteiger partial charge < -0.3 is 11.1 Å². The van der Waals surface area contributed by atoms with Crippen molar-refractivity contribution in [2.24, 2.45) is 5.73 Å². The van der Waals surface area contributed by atoms with E-state index >= 15 is 0 Å². The lowest BCUT2D eigenvalue weighted by atomic mass is 10.3. The summed E-state index contributed by atoms with van der Waals surface area (Å²) >= 11 is 0. The minimum atomic E-state index is 1.08. The number of benzene rings is 1. The van der Waals surface area contributed by atoms with E-state index in [-0.39, 0.29) is 0 Å². The van der Waals surface area contributed by atoms with Crippen LogP contribution in [0, 0.1) is 0 Å². The van der Waals surface area contributed by atoms with Crippen molar-refractivity contribution in [3.05, 3.63) is 43.1 Å². The van der Waals surface area contributed by atoms with Gasteiger partial charge in [-0.25, -0.2) is 0 Å². The van der Waals surface area contributed by atoms with Crippen molar-refractivity contribution in [3.8, 4) is 0 Å². The Balaban J connectivity index is 0.000000461. The van der Waals surface area contributed by atoms with Crippen LogP contribution in [0.4, 0.5) is 5.69 Å². The normalized spacial score (nSPS) is 7.45. The van der Waals surface area contributed by atoms with Crippen molar-refractivity contribution in [2.75, 3.05) is 12.4 Å². The Kier molecular flexibility index (Phi) is 6.04. The Morgan fingerprint density at radius 1 is 1.27 bits per heavy atom. The summed E-state index contributed by atoms with van der Waals surface area (Å²) in [6.07, 6.45) is 1.66. The molecule has 0 aromatic heterocycles. The van der Waals surface area contributed by atoms with E-state index in [4.69, 9.17) is 0 Å². The molecule has 2 nitrogen and oxygen atoms in total. The zero-order valence-electron chi connectivity index (χ0n) is 6.75. The molecule has 0 aliphatic carbocycles. The molecule has 0 fully saturated rings. The Labute approximate surface area is 67.7 Å². The lowest BCUT2D eigenvalue weighted by molar-refractivity contribution is 1.48. The molecule has 60 valence electrons. The molecule has 0 aliphatic heterocycles. The number of hydrogen-bond acceptors (Lipinski definition) is 2. The molecule has 3 N–H and O–H groups in total. The van der Waals surface area contributed by atoms with Crippen LogP contribution in [0.2, 0.25) is 0 Å². The summed E-state index contributed by atoms with van der Waals surface area (Å²) < 4.78 is 0. The van der Waals surface area contributed by atoms with Gasteiger partial charge in [-0.2, -0.15) is 0 Å². The zero-order valence-corrected chi connectivity index (χ0v) is 6.75. The molecule has 0 amide bonds. The van der Waals surface area contributed by atoms with Gasteiger partial charge in [0, 0.05) is 5.69 Å². The SMILES string of the molecule is C=CNc1ccccc1.CN. The summed E-state index contributed by atoms with van der Waals surface area (Å²) in [5.74, 6) is 0. The molecule has 0 heterocycles. The number of hydrogen-bond donors (Lipinski definition) is 2. The van der Waals surface area contributed by atoms with Crippen LogP contribution in [0.25, 0.3) is 0 Å². The molecule has 0 saturated heterocycles. The van der Waals surface area contributed by atoms with Crippen molar-refractivity contribution in [3.63, 3.8) is 0 Å². The molecular formula is C9H14N2. The van der Waals surface area contributed by atoms with E-state index in [0.29, 0.717) is 0 Å². The maximum absolute atomic E-state index is 4.50. The minimum absolute atomic E-state index is 1.08. The van der Waals surface area contributed by atoms with Crippen LogP contribution >= 0.6 is 0 Å². The highest BCUT2D eigenvalue weighted by Gasteiger charge is 1.79. The standard InChI is InChI=1S/C8H9N.CH5N/c1-2-9-8-6-4-3-5-7-8;1-2/h2-7,9H,1H2;2H2,1H3. The maximum Gasteiger partial charge on any atom is 0.0379 e. The molecule has 0 bridgehead atoms. The molecule has 0 aliphatic rings. The summed E-state index contributed by atoms with van der Waals surface area (Å²) in [5, 5.41) is 2.97. The quantitative estimate of drug-likeness (QED) is 0.674. The molecule has 0 saturated carbocycles. The summed E-state index contributed by atoms with van der Waals surface area (Å²) in [5.41, 5.74) is 5.58. The van der Waals surface area contributed by atoms with E-state index in [9.17, 15) is 0 Å². The van der Waals surface area contributed by atoms with Gasteiger partial charge >= 0.3 is 0 Å². The highest BCUT2D eigenvalue weighted by Crippen LogP contribution is 2.03. The molecule has 11 heavy (non-hydrogen) atoms. The summed E-state index contributed by atoms with van der Waals surface area (Å²) in [6.45, 7) is 3.54. The highest BCUT2D eigenvalue weighted by molar-refractivity contribution is 5.44. The second-order valence-corrected chi connectivity index (χ2v) is 1.71. The van der Waals surface area contributed by atoms with Crippen LogP contribution < -0.4 is 11.1 Å². The lowest BCUT2D eigenvalue weighted by Crippen LogP contribution is -1.82. The Bertz CT molecular complexity index is 182. The van der Waals surface area contributed by atoms with E-state index in [2.05, 4.69) is 17.6 Å². The minimum Gasteiger partial charge on any atom is -0.362 e. The van der Waals surface area contributed by atoms with Gasteiger partial charge in [-0.1, -0.05) is 24.8 Å². The molecule has 0 unspecified atom stereocenters. The average molecular weight is 150 g/mol. The fraction of sp³-hybridized carbons (Fsp3) is 0.111. The van der Waals surface area contributed by atoms with Crippen molar-refractivity contribution < 1.29 is 0 Å². The van der Waals surface area contributed by atoms with Crippen LogP contribution in [0.3, 0.4) is 0 Å². The van der Waals surface area contributed by atoms with E-state index in [0.717, 1.165) is 5.69 Å². The monoisotopic (exact) mass is 150 g/mol. The first kappa shape index (κ1) is 9.72. The molecule has 0 radical (unpaired) electrons. The Morgan fingerprint density at radius 2 is 1.82 bits per heavy atom. The fourth-order valence-corrected chi connectivity index (χ4v) is 0.652. The average Bonchev–Trinajstić information content (AvgIpc) is 2.11. The van der Waals surface area contributed by atoms with Crippen molar-refractivity contribution in [1.29, 1.82) is 0 Å². The van der Waals surface area contributed by atoms with Gasteiger partial charge in [0.2, 0.25) is 0 Å². The molecule has 1 rings (SSSR count). The van der Waals surface area contributed by atoms with Crippen molar-refractivity contribution >= 4 is 5.69 Å². The van der Waals surface area contributed by atoms with E-state index in [1.807, 2.05) is 30.3 Å². The molecule has 1 aromatic carbocycles. The van der Waals surface area contributed by atoms with Gasteiger partial charge in [0.1, 0.15) is 0 Å². The molecule has 1 aromatic rings. The van der Waals surface area contributed by atoms with Gasteiger partial charge in [0.05, 0.1) is 0 Å². The van der Waals surface area contributed by atoms with Crippen molar-refractivity contribution in [2.45, 2.75) is 0 Å². The van der Waals surface area contributed by atoms with E-state index in [1.54, 1.807) is 6.20 Å². The van der Waals surface area contributed by atoms with Gasteiger partial charge in [0.15, 0.2) is 0 Å². The number of anilines is 1. The Morgan fingerprint density at radius 3 is 2.27 bits per heavy atom. The first-order valence-corrected chi connectivity index (χ1v) is 3.43. The second kappa shape index (κ2) is 6.83. The zero-order chi connectivity index (χ0) is 8.53. The fourth-order valence-electron chi connectivity index (χ4n) is 0.652.